The third-order valence-corrected chi connectivity index (χ3v) is 9.35. The molecule has 3 aromatic rings. The number of aromatic nitrogens is 3. The van der Waals surface area contributed by atoms with Crippen LogP contribution in [0.4, 0.5) is 37.0 Å². The predicted molar refractivity (Wildman–Crippen MR) is 163 cm³/mol. The van der Waals surface area contributed by atoms with E-state index >= 15 is 0 Å². The molecule has 0 bridgehead atoms. The Hall–Kier alpha value is -4.37. The average molecular weight is 698 g/mol. The summed E-state index contributed by atoms with van der Waals surface area (Å²) < 4.78 is 92.5. The Morgan fingerprint density at radius 2 is 1.63 bits per heavy atom. The van der Waals surface area contributed by atoms with Crippen LogP contribution in [-0.2, 0) is 28.4 Å². The zero-order valence-electron chi connectivity index (χ0n) is 27.4. The van der Waals surface area contributed by atoms with E-state index in [0.29, 0.717) is 59.4 Å². The molecule has 3 heterocycles. The van der Waals surface area contributed by atoms with E-state index < -0.39 is 53.3 Å². The quantitative estimate of drug-likeness (QED) is 0.210. The highest BCUT2D eigenvalue weighted by molar-refractivity contribution is 5.72. The lowest BCUT2D eigenvalue weighted by Gasteiger charge is -2.33. The van der Waals surface area contributed by atoms with Crippen molar-refractivity contribution in [2.75, 3.05) is 18.0 Å². The van der Waals surface area contributed by atoms with Gasteiger partial charge in [-0.1, -0.05) is 5.16 Å². The SMILES string of the molecule is CCN(CC1CCC(CC(=O)O)CC1)c1ncc(-c2c(C)noc2C)nc1CN1C(=O)OC(c2cc(C(F)(F)F)cc(C(F)(F)F)c2)C1C. The first-order chi connectivity index (χ1) is 23.0. The first-order valence-electron chi connectivity index (χ1n) is 16.0. The fraction of sp³-hybridized carbons (Fsp3) is 0.545. The van der Waals surface area contributed by atoms with Crippen molar-refractivity contribution >= 4 is 17.9 Å². The first-order valence-corrected chi connectivity index (χ1v) is 16.0. The maximum atomic E-state index is 13.6. The molecule has 2 atom stereocenters. The Kier molecular flexibility index (Phi) is 10.2. The number of benzene rings is 1. The number of alkyl halides is 6. The summed E-state index contributed by atoms with van der Waals surface area (Å²) in [5.41, 5.74) is -1.55. The third kappa shape index (κ3) is 7.93. The number of carboxylic acid groups (broad SMARTS) is 1. The van der Waals surface area contributed by atoms with Gasteiger partial charge in [-0.25, -0.2) is 14.8 Å². The second kappa shape index (κ2) is 13.9. The second-order valence-electron chi connectivity index (χ2n) is 12.8. The Morgan fingerprint density at radius 3 is 2.16 bits per heavy atom. The van der Waals surface area contributed by atoms with E-state index in [2.05, 4.69) is 5.16 Å². The summed E-state index contributed by atoms with van der Waals surface area (Å²) in [5.74, 6) is 0.476. The minimum atomic E-state index is -5.07. The summed E-state index contributed by atoms with van der Waals surface area (Å²) in [6.45, 7) is 7.74. The van der Waals surface area contributed by atoms with E-state index in [1.807, 2.05) is 11.8 Å². The van der Waals surface area contributed by atoms with E-state index in [4.69, 9.17) is 19.2 Å². The monoisotopic (exact) mass is 697 g/mol. The number of ether oxygens (including phenoxy) is 1. The van der Waals surface area contributed by atoms with Crippen molar-refractivity contribution in [3.8, 4) is 11.3 Å². The van der Waals surface area contributed by atoms with Crippen LogP contribution >= 0.6 is 0 Å². The van der Waals surface area contributed by atoms with Gasteiger partial charge < -0.3 is 19.3 Å². The Labute approximate surface area is 278 Å². The molecule has 1 amide bonds. The zero-order chi connectivity index (χ0) is 35.8. The number of halogens is 6. The molecule has 1 aromatic carbocycles. The maximum absolute atomic E-state index is 13.6. The Balaban J connectivity index is 1.47. The van der Waals surface area contributed by atoms with Crippen LogP contribution in [0.1, 0.15) is 85.9 Å². The van der Waals surface area contributed by atoms with Crippen molar-refractivity contribution in [3.63, 3.8) is 0 Å². The van der Waals surface area contributed by atoms with Gasteiger partial charge in [0.2, 0.25) is 0 Å². The van der Waals surface area contributed by atoms with Crippen LogP contribution in [0.2, 0.25) is 0 Å². The number of carboxylic acids is 1. The molecular formula is C33H37F6N5O5. The molecule has 5 rings (SSSR count). The van der Waals surface area contributed by atoms with Gasteiger partial charge in [0, 0.05) is 19.5 Å². The summed E-state index contributed by atoms with van der Waals surface area (Å²) in [6.07, 6.45) is -7.59. The van der Waals surface area contributed by atoms with Crippen molar-refractivity contribution in [1.29, 1.82) is 0 Å². The van der Waals surface area contributed by atoms with Crippen molar-refractivity contribution in [2.45, 2.75) is 90.8 Å². The molecule has 1 saturated heterocycles. The van der Waals surface area contributed by atoms with Gasteiger partial charge in [-0.2, -0.15) is 26.3 Å². The fourth-order valence-corrected chi connectivity index (χ4v) is 6.77. The average Bonchev–Trinajstić information content (AvgIpc) is 3.51. The van der Waals surface area contributed by atoms with Crippen molar-refractivity contribution in [3.05, 3.63) is 58.2 Å². The fourth-order valence-electron chi connectivity index (χ4n) is 6.77. The van der Waals surface area contributed by atoms with Crippen LogP contribution in [0.25, 0.3) is 11.3 Å². The van der Waals surface area contributed by atoms with Crippen molar-refractivity contribution < 1.29 is 50.3 Å². The number of carbonyl (C=O) groups is 2. The van der Waals surface area contributed by atoms with Crippen LogP contribution in [0.3, 0.4) is 0 Å². The number of nitrogens with zero attached hydrogens (tertiary/aromatic N) is 5. The number of carbonyl (C=O) groups excluding carboxylic acids is 1. The molecule has 2 aliphatic rings. The van der Waals surface area contributed by atoms with E-state index in [1.165, 1.54) is 11.8 Å². The highest BCUT2D eigenvalue weighted by atomic mass is 19.4. The lowest BCUT2D eigenvalue weighted by Crippen LogP contribution is -2.36. The minimum absolute atomic E-state index is 0.0305. The largest absolute Gasteiger partial charge is 0.481 e. The molecule has 1 aliphatic carbocycles. The highest BCUT2D eigenvalue weighted by Crippen LogP contribution is 2.42. The molecule has 49 heavy (non-hydrogen) atoms. The number of amides is 1. The number of anilines is 1. The Morgan fingerprint density at radius 1 is 1.02 bits per heavy atom. The smallest absolute Gasteiger partial charge is 0.416 e. The number of rotatable bonds is 10. The first kappa shape index (κ1) is 35.9. The van der Waals surface area contributed by atoms with Crippen molar-refractivity contribution in [2.24, 2.45) is 11.8 Å². The summed E-state index contributed by atoms with van der Waals surface area (Å²) in [4.78, 5) is 37.3. The van der Waals surface area contributed by atoms with Crippen LogP contribution < -0.4 is 4.90 Å². The van der Waals surface area contributed by atoms with E-state index in [9.17, 15) is 41.0 Å². The van der Waals surface area contributed by atoms with Crippen LogP contribution in [0.5, 0.6) is 0 Å². The molecular weight excluding hydrogens is 660 g/mol. The van der Waals surface area contributed by atoms with Crippen molar-refractivity contribution in [1.82, 2.24) is 20.0 Å². The molecule has 2 unspecified atom stereocenters. The molecule has 266 valence electrons. The maximum Gasteiger partial charge on any atom is 0.416 e. The number of hydrogen-bond acceptors (Lipinski definition) is 8. The van der Waals surface area contributed by atoms with E-state index in [0.717, 1.165) is 25.7 Å². The highest BCUT2D eigenvalue weighted by Gasteiger charge is 2.44. The molecule has 0 radical (unpaired) electrons. The molecule has 10 nitrogen and oxygen atoms in total. The summed E-state index contributed by atoms with van der Waals surface area (Å²) >= 11 is 0. The number of hydrogen-bond donors (Lipinski definition) is 1. The molecule has 1 aliphatic heterocycles. The third-order valence-electron chi connectivity index (χ3n) is 9.35. The normalized spacial score (nSPS) is 21.6. The lowest BCUT2D eigenvalue weighted by molar-refractivity contribution is -0.143. The molecule has 1 saturated carbocycles. The van der Waals surface area contributed by atoms with Gasteiger partial charge >= 0.3 is 24.4 Å². The van der Waals surface area contributed by atoms with E-state index in [-0.39, 0.29) is 30.9 Å². The van der Waals surface area contributed by atoms with E-state index in [1.54, 1.807) is 20.0 Å². The lowest BCUT2D eigenvalue weighted by atomic mass is 9.80. The second-order valence-corrected chi connectivity index (χ2v) is 12.8. The molecule has 2 fully saturated rings. The molecule has 2 aromatic heterocycles. The molecule has 1 N–H and O–H groups in total. The van der Waals surface area contributed by atoms with Gasteiger partial charge in [-0.05, 0) is 89.0 Å². The van der Waals surface area contributed by atoms with Gasteiger partial charge in [-0.3, -0.25) is 9.69 Å². The summed E-state index contributed by atoms with van der Waals surface area (Å²) in [6, 6.07) is 0.193. The zero-order valence-corrected chi connectivity index (χ0v) is 27.4. The topological polar surface area (TPSA) is 122 Å². The van der Waals surface area contributed by atoms with Crippen LogP contribution in [-0.4, -0.2) is 56.3 Å². The van der Waals surface area contributed by atoms with Crippen LogP contribution in [0.15, 0.2) is 28.9 Å². The van der Waals surface area contributed by atoms with Gasteiger partial charge in [-0.15, -0.1) is 0 Å². The predicted octanol–water partition coefficient (Wildman–Crippen LogP) is 7.98. The van der Waals surface area contributed by atoms with Gasteiger partial charge in [0.05, 0.1) is 46.9 Å². The molecule has 16 heteroatoms. The molecule has 0 spiro atoms. The minimum Gasteiger partial charge on any atom is -0.481 e. The summed E-state index contributed by atoms with van der Waals surface area (Å²) in [5, 5.41) is 13.2. The number of aliphatic carboxylic acids is 1. The Bertz CT molecular complexity index is 1630. The van der Waals surface area contributed by atoms with Gasteiger partial charge in [0.25, 0.3) is 0 Å². The standard InChI is InChI=1S/C33H37F6N5O5/c1-5-43(15-21-8-6-20(7-9-21)10-27(45)46)30-26(41-25(14-40-30)28-17(2)42-49-19(28)4)16-44-18(3)29(48-31(44)47)22-11-23(32(34,35)36)13-24(12-22)33(37,38)39/h11-14,18,20-21,29H,5-10,15-16H2,1-4H3,(H,45,46). The number of cyclic esters (lactones) is 1. The van der Waals surface area contributed by atoms with Crippen LogP contribution in [0, 0.1) is 25.7 Å². The summed E-state index contributed by atoms with van der Waals surface area (Å²) in [7, 11) is 0. The van der Waals surface area contributed by atoms with Gasteiger partial charge in [0.1, 0.15) is 17.6 Å². The number of aryl methyl sites for hydroxylation is 2. The van der Waals surface area contributed by atoms with Gasteiger partial charge in [0.15, 0.2) is 5.82 Å².